The third kappa shape index (κ3) is 2.91. The van der Waals surface area contributed by atoms with Gasteiger partial charge in [-0.25, -0.2) is 0 Å². The lowest BCUT2D eigenvalue weighted by atomic mass is 9.81. The van der Waals surface area contributed by atoms with Gasteiger partial charge in [0.2, 0.25) is 0 Å². The molecule has 0 N–H and O–H groups in total. The van der Waals surface area contributed by atoms with Gasteiger partial charge in [0, 0.05) is 6.92 Å². The first kappa shape index (κ1) is 12.0. The van der Waals surface area contributed by atoms with Gasteiger partial charge in [0.05, 0.1) is 0 Å². The van der Waals surface area contributed by atoms with Crippen molar-refractivity contribution in [3.63, 3.8) is 0 Å². The minimum Gasteiger partial charge on any atom is -0.451 e. The van der Waals surface area contributed by atoms with E-state index in [4.69, 9.17) is 4.74 Å². The lowest BCUT2D eigenvalue weighted by Crippen LogP contribution is -2.43. The van der Waals surface area contributed by atoms with E-state index in [9.17, 15) is 9.59 Å². The van der Waals surface area contributed by atoms with Crippen LogP contribution in [-0.2, 0) is 14.3 Å². The maximum absolute atomic E-state index is 11.9. The molecule has 0 aliphatic heterocycles. The van der Waals surface area contributed by atoms with E-state index in [1.165, 1.54) is 13.0 Å². The maximum Gasteiger partial charge on any atom is 0.303 e. The van der Waals surface area contributed by atoms with Crippen molar-refractivity contribution in [3.05, 3.63) is 12.2 Å². The van der Waals surface area contributed by atoms with Crippen LogP contribution in [0.3, 0.4) is 0 Å². The quantitative estimate of drug-likeness (QED) is 0.530. The average Bonchev–Trinajstić information content (AvgIpc) is 2.18. The number of allylic oxidation sites excluding steroid dienone is 1. The van der Waals surface area contributed by atoms with Crippen LogP contribution in [-0.4, -0.2) is 17.4 Å². The van der Waals surface area contributed by atoms with E-state index in [-0.39, 0.29) is 11.8 Å². The monoisotopic (exact) mass is 210 g/mol. The maximum atomic E-state index is 11.9. The van der Waals surface area contributed by atoms with Gasteiger partial charge in [0.25, 0.3) is 0 Å². The Morgan fingerprint density at radius 2 is 1.80 bits per heavy atom. The Hall–Kier alpha value is -1.12. The van der Waals surface area contributed by atoms with Gasteiger partial charge in [-0.1, -0.05) is 12.5 Å². The van der Waals surface area contributed by atoms with Gasteiger partial charge in [-0.05, 0) is 38.7 Å². The zero-order chi connectivity index (χ0) is 11.3. The molecule has 0 bridgehead atoms. The molecule has 84 valence electrons. The van der Waals surface area contributed by atoms with E-state index in [1.807, 2.05) is 0 Å². The summed E-state index contributed by atoms with van der Waals surface area (Å²) in [4.78, 5) is 22.9. The van der Waals surface area contributed by atoms with Crippen LogP contribution in [0.1, 0.15) is 46.0 Å². The molecule has 0 aromatic heterocycles. The standard InChI is InChI=1S/C12H18O3/c1-3-7-11(14)12(15-10(2)13)8-5-4-6-9-12/h3,7H,4-6,8-9H2,1-2H3. The van der Waals surface area contributed by atoms with Crippen LogP contribution in [0.2, 0.25) is 0 Å². The third-order valence-corrected chi connectivity index (χ3v) is 2.77. The van der Waals surface area contributed by atoms with E-state index in [1.54, 1.807) is 13.0 Å². The van der Waals surface area contributed by atoms with Gasteiger partial charge >= 0.3 is 5.97 Å². The molecule has 1 aliphatic carbocycles. The van der Waals surface area contributed by atoms with Crippen LogP contribution in [0.15, 0.2) is 12.2 Å². The number of ether oxygens (including phenoxy) is 1. The Bertz CT molecular complexity index is 273. The van der Waals surface area contributed by atoms with Gasteiger partial charge in [-0.2, -0.15) is 0 Å². The molecular weight excluding hydrogens is 192 g/mol. The van der Waals surface area contributed by atoms with E-state index in [0.717, 1.165) is 19.3 Å². The fraction of sp³-hybridized carbons (Fsp3) is 0.667. The minimum absolute atomic E-state index is 0.0695. The summed E-state index contributed by atoms with van der Waals surface area (Å²) in [7, 11) is 0. The number of rotatable bonds is 3. The van der Waals surface area contributed by atoms with Gasteiger partial charge in [-0.15, -0.1) is 0 Å². The molecule has 0 spiro atoms. The number of ketones is 1. The number of esters is 1. The topological polar surface area (TPSA) is 43.4 Å². The van der Waals surface area contributed by atoms with Crippen molar-refractivity contribution in [1.82, 2.24) is 0 Å². The number of hydrogen-bond acceptors (Lipinski definition) is 3. The molecule has 15 heavy (non-hydrogen) atoms. The molecular formula is C12H18O3. The van der Waals surface area contributed by atoms with E-state index in [2.05, 4.69) is 0 Å². The first-order valence-electron chi connectivity index (χ1n) is 5.47. The second-order valence-corrected chi connectivity index (χ2v) is 4.01. The Kier molecular flexibility index (Phi) is 4.06. The molecule has 1 rings (SSSR count). The fourth-order valence-corrected chi connectivity index (χ4v) is 2.10. The summed E-state index contributed by atoms with van der Waals surface area (Å²) in [5.41, 5.74) is -0.864. The van der Waals surface area contributed by atoms with Crippen molar-refractivity contribution < 1.29 is 14.3 Å². The van der Waals surface area contributed by atoms with E-state index >= 15 is 0 Å². The highest BCUT2D eigenvalue weighted by Crippen LogP contribution is 2.33. The minimum atomic E-state index is -0.864. The van der Waals surface area contributed by atoms with E-state index < -0.39 is 5.60 Å². The van der Waals surface area contributed by atoms with Crippen molar-refractivity contribution in [2.24, 2.45) is 0 Å². The average molecular weight is 210 g/mol. The van der Waals surface area contributed by atoms with Crippen LogP contribution in [0.25, 0.3) is 0 Å². The van der Waals surface area contributed by atoms with Gasteiger partial charge in [-0.3, -0.25) is 9.59 Å². The summed E-state index contributed by atoms with van der Waals surface area (Å²) in [5.74, 6) is -0.436. The van der Waals surface area contributed by atoms with Crippen LogP contribution in [0.5, 0.6) is 0 Å². The molecule has 0 unspecified atom stereocenters. The third-order valence-electron chi connectivity index (χ3n) is 2.77. The molecule has 1 saturated carbocycles. The summed E-state index contributed by atoms with van der Waals surface area (Å²) in [6.45, 7) is 3.15. The van der Waals surface area contributed by atoms with Crippen LogP contribution < -0.4 is 0 Å². The van der Waals surface area contributed by atoms with Crippen molar-refractivity contribution in [1.29, 1.82) is 0 Å². The molecule has 0 atom stereocenters. The van der Waals surface area contributed by atoms with Crippen molar-refractivity contribution in [2.45, 2.75) is 51.6 Å². The highest BCUT2D eigenvalue weighted by atomic mass is 16.6. The second-order valence-electron chi connectivity index (χ2n) is 4.01. The van der Waals surface area contributed by atoms with Crippen molar-refractivity contribution in [3.8, 4) is 0 Å². The Balaban J connectivity index is 2.83. The smallest absolute Gasteiger partial charge is 0.303 e. The molecule has 1 aliphatic rings. The molecule has 3 nitrogen and oxygen atoms in total. The molecule has 0 radical (unpaired) electrons. The molecule has 0 heterocycles. The first-order valence-corrected chi connectivity index (χ1v) is 5.47. The Morgan fingerprint density at radius 3 is 2.27 bits per heavy atom. The molecule has 0 aromatic carbocycles. The molecule has 0 aromatic rings. The first-order chi connectivity index (χ1) is 7.10. The van der Waals surface area contributed by atoms with Gasteiger partial charge in [0.15, 0.2) is 11.4 Å². The summed E-state index contributed by atoms with van der Waals surface area (Å²) in [6.07, 6.45) is 7.56. The molecule has 0 saturated heterocycles. The highest BCUT2D eigenvalue weighted by Gasteiger charge is 2.40. The normalized spacial score (nSPS) is 20.1. The molecule has 1 fully saturated rings. The van der Waals surface area contributed by atoms with Crippen LogP contribution in [0.4, 0.5) is 0 Å². The number of hydrogen-bond donors (Lipinski definition) is 0. The lowest BCUT2D eigenvalue weighted by Gasteiger charge is -2.34. The number of carbonyl (C=O) groups excluding carboxylic acids is 2. The molecule has 3 heteroatoms. The summed E-state index contributed by atoms with van der Waals surface area (Å²) >= 11 is 0. The van der Waals surface area contributed by atoms with Gasteiger partial charge in [0.1, 0.15) is 0 Å². The van der Waals surface area contributed by atoms with Crippen molar-refractivity contribution in [2.75, 3.05) is 0 Å². The summed E-state index contributed by atoms with van der Waals surface area (Å²) in [6, 6.07) is 0. The number of carbonyl (C=O) groups is 2. The predicted octanol–water partition coefficient (Wildman–Crippen LogP) is 2.40. The highest BCUT2D eigenvalue weighted by molar-refractivity contribution is 5.98. The SMILES string of the molecule is CC=CC(=O)C1(OC(C)=O)CCCCC1. The predicted molar refractivity (Wildman–Crippen MR) is 57.4 cm³/mol. The Morgan fingerprint density at radius 1 is 1.20 bits per heavy atom. The zero-order valence-corrected chi connectivity index (χ0v) is 9.41. The fourth-order valence-electron chi connectivity index (χ4n) is 2.10. The van der Waals surface area contributed by atoms with Crippen LogP contribution in [0, 0.1) is 0 Å². The second kappa shape index (κ2) is 5.10. The van der Waals surface area contributed by atoms with Crippen molar-refractivity contribution >= 4 is 11.8 Å². The van der Waals surface area contributed by atoms with E-state index in [0.29, 0.717) is 12.8 Å². The molecule has 0 amide bonds. The van der Waals surface area contributed by atoms with Crippen LogP contribution >= 0.6 is 0 Å². The Labute approximate surface area is 90.5 Å². The summed E-state index contributed by atoms with van der Waals surface area (Å²) in [5, 5.41) is 0. The van der Waals surface area contributed by atoms with Gasteiger partial charge < -0.3 is 4.74 Å². The summed E-state index contributed by atoms with van der Waals surface area (Å²) < 4.78 is 5.25. The zero-order valence-electron chi connectivity index (χ0n) is 9.41. The largest absolute Gasteiger partial charge is 0.451 e. The lowest BCUT2D eigenvalue weighted by molar-refractivity contribution is -0.167.